The third-order valence-electron chi connectivity index (χ3n) is 5.09. The van der Waals surface area contributed by atoms with Crippen LogP contribution in [0.5, 0.6) is 0 Å². The molecule has 7 heteroatoms. The van der Waals surface area contributed by atoms with Gasteiger partial charge in [-0.25, -0.2) is 14.0 Å². The van der Waals surface area contributed by atoms with E-state index in [2.05, 4.69) is 5.10 Å². The molecule has 2 aromatic heterocycles. The molecule has 1 atom stereocenters. The molecule has 4 rings (SSSR count). The van der Waals surface area contributed by atoms with Gasteiger partial charge in [0.1, 0.15) is 5.82 Å². The van der Waals surface area contributed by atoms with Crippen molar-refractivity contribution in [2.75, 3.05) is 13.1 Å². The van der Waals surface area contributed by atoms with E-state index >= 15 is 0 Å². The quantitative estimate of drug-likeness (QED) is 0.714. The molecule has 1 unspecified atom stereocenters. The second-order valence-corrected chi connectivity index (χ2v) is 6.96. The number of rotatable bonds is 3. The maximum Gasteiger partial charge on any atom is 0.350 e. The van der Waals surface area contributed by atoms with Crippen molar-refractivity contribution in [2.45, 2.75) is 25.7 Å². The van der Waals surface area contributed by atoms with Gasteiger partial charge in [-0.1, -0.05) is 18.2 Å². The molecule has 1 saturated heterocycles. The maximum absolute atomic E-state index is 12.8. The zero-order valence-corrected chi connectivity index (χ0v) is 15.5. The SMILES string of the molecule is Cc1ccoc1C(=O)N1CCCC(c2nn(C)c(=O)n2-c2ccccc2)C1. The molecule has 1 amide bonds. The standard InChI is InChI=1S/C20H22N4O3/c1-14-10-12-27-17(14)19(25)23-11-6-7-15(13-23)18-21-22(2)20(26)24(18)16-8-4-3-5-9-16/h3-5,8-10,12,15H,6-7,11,13H2,1-2H3. The second kappa shape index (κ2) is 6.90. The third kappa shape index (κ3) is 3.09. The number of furan rings is 1. The van der Waals surface area contributed by atoms with Crippen LogP contribution in [0.1, 0.15) is 40.7 Å². The smallest absolute Gasteiger partial charge is 0.350 e. The number of piperidine rings is 1. The van der Waals surface area contributed by atoms with Crippen molar-refractivity contribution in [3.05, 3.63) is 70.3 Å². The van der Waals surface area contributed by atoms with Crippen LogP contribution in [-0.2, 0) is 7.05 Å². The molecule has 7 nitrogen and oxygen atoms in total. The number of aromatic nitrogens is 3. The molecule has 3 heterocycles. The Morgan fingerprint density at radius 1 is 1.22 bits per heavy atom. The highest BCUT2D eigenvalue weighted by atomic mass is 16.3. The van der Waals surface area contributed by atoms with Gasteiger partial charge in [-0.05, 0) is 38.0 Å². The summed E-state index contributed by atoms with van der Waals surface area (Å²) in [4.78, 5) is 27.3. The first-order chi connectivity index (χ1) is 13.1. The molecule has 0 saturated carbocycles. The highest BCUT2D eigenvalue weighted by molar-refractivity contribution is 5.92. The summed E-state index contributed by atoms with van der Waals surface area (Å²) < 4.78 is 8.38. The van der Waals surface area contributed by atoms with Gasteiger partial charge < -0.3 is 9.32 Å². The van der Waals surface area contributed by atoms with Crippen LogP contribution in [0.2, 0.25) is 0 Å². The molecule has 1 fully saturated rings. The summed E-state index contributed by atoms with van der Waals surface area (Å²) in [6.45, 7) is 3.06. The minimum atomic E-state index is -0.179. The fourth-order valence-electron chi connectivity index (χ4n) is 3.68. The Morgan fingerprint density at radius 3 is 2.70 bits per heavy atom. The fourth-order valence-corrected chi connectivity index (χ4v) is 3.68. The summed E-state index contributed by atoms with van der Waals surface area (Å²) >= 11 is 0. The summed E-state index contributed by atoms with van der Waals surface area (Å²) in [5, 5.41) is 4.49. The zero-order valence-electron chi connectivity index (χ0n) is 15.5. The lowest BCUT2D eigenvalue weighted by atomic mass is 9.96. The molecule has 140 valence electrons. The molecule has 0 bridgehead atoms. The van der Waals surface area contributed by atoms with E-state index in [4.69, 9.17) is 4.42 Å². The molecule has 0 radical (unpaired) electrons. The Kier molecular flexibility index (Phi) is 4.43. The molecule has 27 heavy (non-hydrogen) atoms. The van der Waals surface area contributed by atoms with E-state index in [9.17, 15) is 9.59 Å². The highest BCUT2D eigenvalue weighted by Gasteiger charge is 2.31. The minimum Gasteiger partial charge on any atom is -0.459 e. The Hall–Kier alpha value is -3.09. The number of hydrogen-bond acceptors (Lipinski definition) is 4. The molecular weight excluding hydrogens is 344 g/mol. The van der Waals surface area contributed by atoms with Crippen LogP contribution in [0.25, 0.3) is 5.69 Å². The summed E-state index contributed by atoms with van der Waals surface area (Å²) in [7, 11) is 1.66. The number of nitrogens with zero attached hydrogens (tertiary/aromatic N) is 4. The van der Waals surface area contributed by atoms with Crippen molar-refractivity contribution in [2.24, 2.45) is 7.05 Å². The number of amides is 1. The lowest BCUT2D eigenvalue weighted by molar-refractivity contribution is 0.0670. The highest BCUT2D eigenvalue weighted by Crippen LogP contribution is 2.28. The Bertz CT molecular complexity index is 1020. The van der Waals surface area contributed by atoms with E-state index in [0.717, 1.165) is 24.1 Å². The summed E-state index contributed by atoms with van der Waals surface area (Å²) in [5.74, 6) is 0.971. The molecule has 1 aliphatic heterocycles. The average molecular weight is 366 g/mol. The number of hydrogen-bond donors (Lipinski definition) is 0. The van der Waals surface area contributed by atoms with Gasteiger partial charge in [0.2, 0.25) is 0 Å². The van der Waals surface area contributed by atoms with Crippen molar-refractivity contribution in [3.63, 3.8) is 0 Å². The van der Waals surface area contributed by atoms with Crippen molar-refractivity contribution in [1.82, 2.24) is 19.2 Å². The number of carbonyl (C=O) groups is 1. The molecule has 1 aliphatic rings. The number of para-hydroxylation sites is 1. The number of likely N-dealkylation sites (tertiary alicyclic amines) is 1. The molecule has 3 aromatic rings. The predicted octanol–water partition coefficient (Wildman–Crippen LogP) is 2.49. The Labute approximate surface area is 156 Å². The zero-order chi connectivity index (χ0) is 19.0. The van der Waals surface area contributed by atoms with Gasteiger partial charge in [-0.3, -0.25) is 4.79 Å². The lowest BCUT2D eigenvalue weighted by Crippen LogP contribution is -2.40. The maximum atomic E-state index is 12.8. The van der Waals surface area contributed by atoms with Crippen LogP contribution < -0.4 is 5.69 Å². The first-order valence-electron chi connectivity index (χ1n) is 9.11. The first kappa shape index (κ1) is 17.3. The Balaban J connectivity index is 1.66. The normalized spacial score (nSPS) is 17.3. The van der Waals surface area contributed by atoms with Crippen LogP contribution in [0, 0.1) is 6.92 Å². The fraction of sp³-hybridized carbons (Fsp3) is 0.350. The van der Waals surface area contributed by atoms with Gasteiger partial charge in [-0.2, -0.15) is 5.10 Å². The van der Waals surface area contributed by atoms with Gasteiger partial charge in [0, 0.05) is 31.6 Å². The molecular formula is C20H22N4O3. The number of carbonyl (C=O) groups excluding carboxylic acids is 1. The molecule has 0 aliphatic carbocycles. The van der Waals surface area contributed by atoms with E-state index in [-0.39, 0.29) is 17.5 Å². The molecule has 0 spiro atoms. The predicted molar refractivity (Wildman–Crippen MR) is 100 cm³/mol. The van der Waals surface area contributed by atoms with Gasteiger partial charge in [-0.15, -0.1) is 0 Å². The van der Waals surface area contributed by atoms with Gasteiger partial charge in [0.25, 0.3) is 5.91 Å². The van der Waals surface area contributed by atoms with Crippen LogP contribution in [0.15, 0.2) is 51.9 Å². The van der Waals surface area contributed by atoms with E-state index in [1.54, 1.807) is 22.6 Å². The van der Waals surface area contributed by atoms with E-state index in [1.807, 2.05) is 37.3 Å². The topological polar surface area (TPSA) is 73.3 Å². The second-order valence-electron chi connectivity index (χ2n) is 6.96. The average Bonchev–Trinajstić information content (AvgIpc) is 3.25. The van der Waals surface area contributed by atoms with Gasteiger partial charge >= 0.3 is 5.69 Å². The van der Waals surface area contributed by atoms with Crippen molar-refractivity contribution in [3.8, 4) is 5.69 Å². The summed E-state index contributed by atoms with van der Waals surface area (Å²) in [6, 6.07) is 11.3. The summed E-state index contributed by atoms with van der Waals surface area (Å²) in [5.41, 5.74) is 1.44. The van der Waals surface area contributed by atoms with E-state index < -0.39 is 0 Å². The summed E-state index contributed by atoms with van der Waals surface area (Å²) in [6.07, 6.45) is 3.27. The van der Waals surface area contributed by atoms with Gasteiger partial charge in [0.15, 0.2) is 5.76 Å². The van der Waals surface area contributed by atoms with E-state index in [1.165, 1.54) is 10.9 Å². The third-order valence-corrected chi connectivity index (χ3v) is 5.09. The van der Waals surface area contributed by atoms with Crippen LogP contribution in [-0.4, -0.2) is 38.2 Å². The number of aryl methyl sites for hydroxylation is 2. The van der Waals surface area contributed by atoms with Crippen molar-refractivity contribution >= 4 is 5.91 Å². The Morgan fingerprint density at radius 2 is 2.00 bits per heavy atom. The minimum absolute atomic E-state index is 0.00734. The van der Waals surface area contributed by atoms with Crippen LogP contribution >= 0.6 is 0 Å². The lowest BCUT2D eigenvalue weighted by Gasteiger charge is -2.32. The van der Waals surface area contributed by atoms with Crippen molar-refractivity contribution < 1.29 is 9.21 Å². The number of benzene rings is 1. The van der Waals surface area contributed by atoms with Crippen molar-refractivity contribution in [1.29, 1.82) is 0 Å². The van der Waals surface area contributed by atoms with Crippen LogP contribution in [0.3, 0.4) is 0 Å². The monoisotopic (exact) mass is 366 g/mol. The molecule has 0 N–H and O–H groups in total. The van der Waals surface area contributed by atoms with Gasteiger partial charge in [0.05, 0.1) is 12.0 Å². The molecule has 1 aromatic carbocycles. The largest absolute Gasteiger partial charge is 0.459 e. The van der Waals surface area contributed by atoms with E-state index in [0.29, 0.717) is 24.7 Å². The van der Waals surface area contributed by atoms with Crippen LogP contribution in [0.4, 0.5) is 0 Å². The first-order valence-corrected chi connectivity index (χ1v) is 9.11.